The van der Waals surface area contributed by atoms with Crippen LogP contribution in [0, 0.1) is 0 Å². The summed E-state index contributed by atoms with van der Waals surface area (Å²) in [6.45, 7) is 0.206. The highest BCUT2D eigenvalue weighted by molar-refractivity contribution is 5.90. The largest absolute Gasteiger partial charge is 0.481 e. The van der Waals surface area contributed by atoms with Crippen LogP contribution in [0.4, 0.5) is 5.69 Å². The molecule has 0 aliphatic rings. The molecule has 0 bridgehead atoms. The molecule has 0 saturated heterocycles. The van der Waals surface area contributed by atoms with E-state index in [2.05, 4.69) is 15.0 Å². The lowest BCUT2D eigenvalue weighted by Gasteiger charge is -2.10. The molecule has 2 N–H and O–H groups in total. The van der Waals surface area contributed by atoms with Gasteiger partial charge in [0, 0.05) is 12.7 Å². The van der Waals surface area contributed by atoms with Gasteiger partial charge in [-0.2, -0.15) is 0 Å². The Hall–Kier alpha value is -2.31. The molecule has 1 rings (SSSR count). The molecule has 0 unspecified atom stereocenters. The number of carboxylic acids is 1. The summed E-state index contributed by atoms with van der Waals surface area (Å²) in [4.78, 5) is 25.7. The summed E-state index contributed by atoms with van der Waals surface area (Å²) in [7, 11) is 2.70. The average Bonchev–Trinajstić information content (AvgIpc) is 2.37. The van der Waals surface area contributed by atoms with Crippen LogP contribution in [0.1, 0.15) is 16.8 Å². The second kappa shape index (κ2) is 6.43. The topological polar surface area (TPSA) is 97.8 Å². The highest BCUT2D eigenvalue weighted by atomic mass is 16.5. The molecule has 0 aromatic carbocycles. The van der Waals surface area contributed by atoms with Gasteiger partial charge < -0.3 is 19.9 Å². The Morgan fingerprint density at radius 1 is 1.44 bits per heavy atom. The van der Waals surface area contributed by atoms with Gasteiger partial charge in [-0.05, 0) is 6.07 Å². The van der Waals surface area contributed by atoms with Gasteiger partial charge in [-0.3, -0.25) is 4.79 Å². The summed E-state index contributed by atoms with van der Waals surface area (Å²) in [5.74, 6) is -1.15. The van der Waals surface area contributed by atoms with Gasteiger partial charge in [0.2, 0.25) is 5.88 Å². The molecule has 0 fully saturated rings. The number of hydrogen-bond acceptors (Lipinski definition) is 6. The Labute approximate surface area is 104 Å². The SMILES string of the molecule is COC(=O)c1cnc(OC)c(NCCC(=O)O)c1. The zero-order valence-corrected chi connectivity index (χ0v) is 10.1. The summed E-state index contributed by atoms with van der Waals surface area (Å²) in [6.07, 6.45) is 1.28. The Morgan fingerprint density at radius 2 is 2.17 bits per heavy atom. The number of carbonyl (C=O) groups excluding carboxylic acids is 1. The number of anilines is 1. The molecule has 1 aromatic rings. The number of nitrogens with one attached hydrogen (secondary N) is 1. The van der Waals surface area contributed by atoms with Gasteiger partial charge in [0.25, 0.3) is 0 Å². The number of esters is 1. The number of nitrogens with zero attached hydrogens (tertiary/aromatic N) is 1. The van der Waals surface area contributed by atoms with Crippen LogP contribution < -0.4 is 10.1 Å². The van der Waals surface area contributed by atoms with Crippen LogP contribution >= 0.6 is 0 Å². The van der Waals surface area contributed by atoms with Crippen LogP contribution in [-0.4, -0.2) is 42.8 Å². The van der Waals surface area contributed by atoms with E-state index in [1.54, 1.807) is 0 Å². The van der Waals surface area contributed by atoms with Gasteiger partial charge in [-0.15, -0.1) is 0 Å². The fourth-order valence-corrected chi connectivity index (χ4v) is 1.28. The van der Waals surface area contributed by atoms with Gasteiger partial charge in [-0.1, -0.05) is 0 Å². The molecule has 7 heteroatoms. The van der Waals surface area contributed by atoms with Crippen LogP contribution in [0.15, 0.2) is 12.3 Å². The average molecular weight is 254 g/mol. The van der Waals surface area contributed by atoms with E-state index in [1.165, 1.54) is 26.5 Å². The van der Waals surface area contributed by atoms with Crippen LogP contribution in [0.3, 0.4) is 0 Å². The number of methoxy groups -OCH3 is 2. The summed E-state index contributed by atoms with van der Waals surface area (Å²) in [5, 5.41) is 11.4. The minimum absolute atomic E-state index is 0.0500. The Morgan fingerprint density at radius 3 is 2.72 bits per heavy atom. The lowest BCUT2D eigenvalue weighted by molar-refractivity contribution is -0.136. The number of carboxylic acid groups (broad SMARTS) is 1. The van der Waals surface area contributed by atoms with Crippen molar-refractivity contribution in [1.82, 2.24) is 4.98 Å². The Kier molecular flexibility index (Phi) is 4.91. The molecular formula is C11H14N2O5. The number of ether oxygens (including phenoxy) is 2. The fourth-order valence-electron chi connectivity index (χ4n) is 1.28. The molecule has 0 atom stereocenters. The maximum atomic E-state index is 11.3. The van der Waals surface area contributed by atoms with Crippen molar-refractivity contribution in [1.29, 1.82) is 0 Å². The zero-order chi connectivity index (χ0) is 13.5. The van der Waals surface area contributed by atoms with E-state index in [1.807, 2.05) is 0 Å². The monoisotopic (exact) mass is 254 g/mol. The standard InChI is InChI=1S/C11H14N2O5/c1-17-10-8(12-4-3-9(14)15)5-7(6-13-10)11(16)18-2/h5-6,12H,3-4H2,1-2H3,(H,14,15). The number of carbonyl (C=O) groups is 2. The van der Waals surface area contributed by atoms with Crippen molar-refractivity contribution in [3.05, 3.63) is 17.8 Å². The van der Waals surface area contributed by atoms with E-state index in [0.29, 0.717) is 5.69 Å². The van der Waals surface area contributed by atoms with Crippen molar-refractivity contribution in [2.75, 3.05) is 26.1 Å². The normalized spacial score (nSPS) is 9.67. The number of aliphatic carboxylic acids is 1. The smallest absolute Gasteiger partial charge is 0.339 e. The van der Waals surface area contributed by atoms with Gasteiger partial charge in [0.05, 0.1) is 31.9 Å². The van der Waals surface area contributed by atoms with Crippen molar-refractivity contribution in [2.45, 2.75) is 6.42 Å². The second-order valence-electron chi connectivity index (χ2n) is 3.34. The molecule has 0 aliphatic heterocycles. The van der Waals surface area contributed by atoms with Gasteiger partial charge in [0.1, 0.15) is 0 Å². The van der Waals surface area contributed by atoms with Crippen LogP contribution in [0.25, 0.3) is 0 Å². The minimum Gasteiger partial charge on any atom is -0.481 e. The zero-order valence-electron chi connectivity index (χ0n) is 10.1. The highest BCUT2D eigenvalue weighted by Crippen LogP contribution is 2.22. The van der Waals surface area contributed by atoms with E-state index >= 15 is 0 Å². The molecular weight excluding hydrogens is 240 g/mol. The number of aromatic nitrogens is 1. The van der Waals surface area contributed by atoms with Crippen molar-refractivity contribution in [3.63, 3.8) is 0 Å². The van der Waals surface area contributed by atoms with E-state index in [-0.39, 0.29) is 24.4 Å². The molecule has 98 valence electrons. The molecule has 0 spiro atoms. The first-order valence-electron chi connectivity index (χ1n) is 5.16. The third kappa shape index (κ3) is 3.62. The third-order valence-electron chi connectivity index (χ3n) is 2.12. The number of pyridine rings is 1. The van der Waals surface area contributed by atoms with E-state index in [9.17, 15) is 9.59 Å². The van der Waals surface area contributed by atoms with Crippen LogP contribution in [-0.2, 0) is 9.53 Å². The minimum atomic E-state index is -0.918. The molecule has 7 nitrogen and oxygen atoms in total. The summed E-state index contributed by atoms with van der Waals surface area (Å²) in [6, 6.07) is 1.50. The van der Waals surface area contributed by atoms with E-state index in [4.69, 9.17) is 9.84 Å². The highest BCUT2D eigenvalue weighted by Gasteiger charge is 2.11. The first kappa shape index (κ1) is 13.8. The lowest BCUT2D eigenvalue weighted by Crippen LogP contribution is -2.10. The van der Waals surface area contributed by atoms with E-state index < -0.39 is 11.9 Å². The first-order valence-corrected chi connectivity index (χ1v) is 5.16. The van der Waals surface area contributed by atoms with E-state index in [0.717, 1.165) is 0 Å². The first-order chi connectivity index (χ1) is 8.58. The molecule has 18 heavy (non-hydrogen) atoms. The fraction of sp³-hybridized carbons (Fsp3) is 0.364. The van der Waals surface area contributed by atoms with Crippen molar-refractivity contribution >= 4 is 17.6 Å². The maximum absolute atomic E-state index is 11.3. The lowest BCUT2D eigenvalue weighted by atomic mass is 10.2. The number of rotatable bonds is 6. The predicted molar refractivity (Wildman–Crippen MR) is 62.9 cm³/mol. The van der Waals surface area contributed by atoms with Crippen LogP contribution in [0.2, 0.25) is 0 Å². The van der Waals surface area contributed by atoms with Crippen molar-refractivity contribution in [3.8, 4) is 5.88 Å². The Bertz CT molecular complexity index is 447. The number of hydrogen-bond donors (Lipinski definition) is 2. The quantitative estimate of drug-likeness (QED) is 0.723. The van der Waals surface area contributed by atoms with Crippen LogP contribution in [0.5, 0.6) is 5.88 Å². The van der Waals surface area contributed by atoms with Crippen molar-refractivity contribution in [2.24, 2.45) is 0 Å². The molecule has 0 radical (unpaired) electrons. The predicted octanol–water partition coefficient (Wildman–Crippen LogP) is 0.763. The second-order valence-corrected chi connectivity index (χ2v) is 3.34. The summed E-state index contributed by atoms with van der Waals surface area (Å²) >= 11 is 0. The Balaban J connectivity index is 2.85. The molecule has 1 aromatic heterocycles. The summed E-state index contributed by atoms with van der Waals surface area (Å²) < 4.78 is 9.56. The third-order valence-corrected chi connectivity index (χ3v) is 2.12. The van der Waals surface area contributed by atoms with Gasteiger partial charge in [-0.25, -0.2) is 9.78 Å². The molecule has 0 saturated carbocycles. The maximum Gasteiger partial charge on any atom is 0.339 e. The van der Waals surface area contributed by atoms with Gasteiger partial charge >= 0.3 is 11.9 Å². The molecule has 0 amide bonds. The summed E-state index contributed by atoms with van der Waals surface area (Å²) in [5.41, 5.74) is 0.706. The molecule has 0 aliphatic carbocycles. The molecule has 1 heterocycles. The van der Waals surface area contributed by atoms with Crippen molar-refractivity contribution < 1.29 is 24.2 Å². The van der Waals surface area contributed by atoms with Gasteiger partial charge in [0.15, 0.2) is 0 Å².